The van der Waals surface area contributed by atoms with Crippen molar-refractivity contribution in [2.45, 2.75) is 32.6 Å². The van der Waals surface area contributed by atoms with Crippen LogP contribution in [0.5, 0.6) is 5.75 Å². The van der Waals surface area contributed by atoms with E-state index < -0.39 is 0 Å². The lowest BCUT2D eigenvalue weighted by atomic mass is 9.94. The molecule has 1 saturated heterocycles. The second-order valence-corrected chi connectivity index (χ2v) is 5.27. The van der Waals surface area contributed by atoms with Crippen molar-refractivity contribution in [3.05, 3.63) is 23.8 Å². The van der Waals surface area contributed by atoms with E-state index >= 15 is 0 Å². The number of hydrogen-bond donors (Lipinski definition) is 3. The van der Waals surface area contributed by atoms with Gasteiger partial charge in [-0.3, -0.25) is 4.79 Å². The van der Waals surface area contributed by atoms with Crippen molar-refractivity contribution in [2.75, 3.05) is 18.4 Å². The number of amides is 1. The number of phenols is 1. The van der Waals surface area contributed by atoms with Gasteiger partial charge in [0.1, 0.15) is 5.75 Å². The molecule has 1 aliphatic rings. The standard InChI is InChI=1S/C15H22N2O2/c1-11-4-2-6-13(15(11)19)17-14(18)8-7-12-5-3-9-16-10-12/h2,4,6,12,16,19H,3,5,7-10H2,1H3,(H,17,18). The molecule has 2 rings (SSSR count). The molecule has 4 heteroatoms. The molecule has 104 valence electrons. The molecule has 1 atom stereocenters. The van der Waals surface area contributed by atoms with Gasteiger partial charge in [-0.25, -0.2) is 0 Å². The fourth-order valence-corrected chi connectivity index (χ4v) is 2.48. The molecule has 0 radical (unpaired) electrons. The maximum atomic E-state index is 11.9. The van der Waals surface area contributed by atoms with Crippen molar-refractivity contribution in [2.24, 2.45) is 5.92 Å². The SMILES string of the molecule is Cc1cccc(NC(=O)CCC2CCCNC2)c1O. The Morgan fingerprint density at radius 1 is 1.53 bits per heavy atom. The summed E-state index contributed by atoms with van der Waals surface area (Å²) in [5.74, 6) is 0.743. The summed E-state index contributed by atoms with van der Waals surface area (Å²) in [5, 5.41) is 16.0. The number of piperidine rings is 1. The van der Waals surface area contributed by atoms with E-state index in [1.165, 1.54) is 12.8 Å². The largest absolute Gasteiger partial charge is 0.505 e. The summed E-state index contributed by atoms with van der Waals surface area (Å²) in [6, 6.07) is 5.37. The molecule has 0 bridgehead atoms. The number of phenolic OH excluding ortho intramolecular Hbond substituents is 1. The molecule has 1 aliphatic heterocycles. The van der Waals surface area contributed by atoms with Crippen LogP contribution in [-0.4, -0.2) is 24.1 Å². The first-order valence-corrected chi connectivity index (χ1v) is 6.96. The van der Waals surface area contributed by atoms with E-state index in [0.717, 1.165) is 25.1 Å². The fourth-order valence-electron chi connectivity index (χ4n) is 2.48. The maximum absolute atomic E-state index is 11.9. The number of para-hydroxylation sites is 1. The number of rotatable bonds is 4. The summed E-state index contributed by atoms with van der Waals surface area (Å²) in [4.78, 5) is 11.9. The Morgan fingerprint density at radius 2 is 2.37 bits per heavy atom. The second-order valence-electron chi connectivity index (χ2n) is 5.27. The van der Waals surface area contributed by atoms with Crippen molar-refractivity contribution in [1.29, 1.82) is 0 Å². The van der Waals surface area contributed by atoms with Gasteiger partial charge >= 0.3 is 0 Å². The summed E-state index contributed by atoms with van der Waals surface area (Å²) in [5.41, 5.74) is 1.28. The lowest BCUT2D eigenvalue weighted by molar-refractivity contribution is -0.116. The molecule has 1 aromatic carbocycles. The minimum atomic E-state index is -0.0218. The van der Waals surface area contributed by atoms with Crippen LogP contribution in [0.25, 0.3) is 0 Å². The van der Waals surface area contributed by atoms with Gasteiger partial charge in [0.2, 0.25) is 5.91 Å². The van der Waals surface area contributed by atoms with Crippen LogP contribution in [0.1, 0.15) is 31.2 Å². The van der Waals surface area contributed by atoms with E-state index in [-0.39, 0.29) is 11.7 Å². The lowest BCUT2D eigenvalue weighted by Gasteiger charge is -2.22. The normalized spacial score (nSPS) is 19.1. The van der Waals surface area contributed by atoms with Gasteiger partial charge < -0.3 is 15.7 Å². The molecule has 0 aromatic heterocycles. The predicted octanol–water partition coefficient (Wildman–Crippen LogP) is 2.42. The highest BCUT2D eigenvalue weighted by molar-refractivity contribution is 5.92. The molecule has 4 nitrogen and oxygen atoms in total. The molecule has 3 N–H and O–H groups in total. The number of hydrogen-bond acceptors (Lipinski definition) is 3. The second kappa shape index (κ2) is 6.57. The molecule has 0 spiro atoms. The lowest BCUT2D eigenvalue weighted by Crippen LogP contribution is -2.30. The van der Waals surface area contributed by atoms with Crippen LogP contribution in [0.15, 0.2) is 18.2 Å². The van der Waals surface area contributed by atoms with Gasteiger partial charge in [-0.1, -0.05) is 12.1 Å². The molecule has 1 heterocycles. The minimum absolute atomic E-state index is 0.0218. The van der Waals surface area contributed by atoms with E-state index in [0.29, 0.717) is 18.0 Å². The van der Waals surface area contributed by atoms with Crippen molar-refractivity contribution in [3.8, 4) is 5.75 Å². The number of aryl methyl sites for hydroxylation is 1. The average molecular weight is 262 g/mol. The van der Waals surface area contributed by atoms with Gasteiger partial charge in [-0.05, 0) is 56.8 Å². The van der Waals surface area contributed by atoms with Crippen molar-refractivity contribution in [3.63, 3.8) is 0 Å². The van der Waals surface area contributed by atoms with E-state index in [1.54, 1.807) is 6.07 Å². The summed E-state index contributed by atoms with van der Waals surface area (Å²) in [6.07, 6.45) is 3.83. The third-order valence-electron chi connectivity index (χ3n) is 3.69. The van der Waals surface area contributed by atoms with Crippen LogP contribution in [0, 0.1) is 12.8 Å². The zero-order valence-corrected chi connectivity index (χ0v) is 11.4. The highest BCUT2D eigenvalue weighted by Crippen LogP contribution is 2.26. The summed E-state index contributed by atoms with van der Waals surface area (Å²) < 4.78 is 0. The molecular weight excluding hydrogens is 240 g/mol. The van der Waals surface area contributed by atoms with Gasteiger partial charge in [-0.2, -0.15) is 0 Å². The van der Waals surface area contributed by atoms with Gasteiger partial charge in [0.15, 0.2) is 0 Å². The zero-order valence-electron chi connectivity index (χ0n) is 11.4. The summed E-state index contributed by atoms with van der Waals surface area (Å²) in [6.45, 7) is 3.93. The first-order chi connectivity index (χ1) is 9.16. The molecular formula is C15H22N2O2. The summed E-state index contributed by atoms with van der Waals surface area (Å²) in [7, 11) is 0. The van der Waals surface area contributed by atoms with Gasteiger partial charge in [0, 0.05) is 6.42 Å². The van der Waals surface area contributed by atoms with Crippen molar-refractivity contribution < 1.29 is 9.90 Å². The molecule has 0 saturated carbocycles. The van der Waals surface area contributed by atoms with Crippen LogP contribution in [0.4, 0.5) is 5.69 Å². The molecule has 1 amide bonds. The van der Waals surface area contributed by atoms with Crippen LogP contribution >= 0.6 is 0 Å². The maximum Gasteiger partial charge on any atom is 0.224 e. The fraction of sp³-hybridized carbons (Fsp3) is 0.533. The van der Waals surface area contributed by atoms with E-state index in [2.05, 4.69) is 10.6 Å². The van der Waals surface area contributed by atoms with Crippen molar-refractivity contribution in [1.82, 2.24) is 5.32 Å². The third-order valence-corrected chi connectivity index (χ3v) is 3.69. The monoisotopic (exact) mass is 262 g/mol. The minimum Gasteiger partial charge on any atom is -0.505 e. The number of aromatic hydroxyl groups is 1. The first kappa shape index (κ1) is 13.9. The Morgan fingerprint density at radius 3 is 3.11 bits per heavy atom. The van der Waals surface area contributed by atoms with E-state index in [9.17, 15) is 9.90 Å². The van der Waals surface area contributed by atoms with Crippen LogP contribution in [-0.2, 0) is 4.79 Å². The Bertz CT molecular complexity index is 440. The average Bonchev–Trinajstić information content (AvgIpc) is 2.43. The van der Waals surface area contributed by atoms with E-state index in [1.807, 2.05) is 19.1 Å². The number of carbonyl (C=O) groups is 1. The molecule has 1 aromatic rings. The Balaban J connectivity index is 1.82. The number of anilines is 1. The molecule has 0 aliphatic carbocycles. The van der Waals surface area contributed by atoms with E-state index in [4.69, 9.17) is 0 Å². The first-order valence-electron chi connectivity index (χ1n) is 6.96. The number of benzene rings is 1. The Hall–Kier alpha value is -1.55. The van der Waals surface area contributed by atoms with Crippen LogP contribution in [0.2, 0.25) is 0 Å². The predicted molar refractivity (Wildman–Crippen MR) is 76.3 cm³/mol. The topological polar surface area (TPSA) is 61.4 Å². The molecule has 1 fully saturated rings. The van der Waals surface area contributed by atoms with Crippen LogP contribution < -0.4 is 10.6 Å². The van der Waals surface area contributed by atoms with Gasteiger partial charge in [0.05, 0.1) is 5.69 Å². The zero-order chi connectivity index (χ0) is 13.7. The number of carbonyl (C=O) groups excluding carboxylic acids is 1. The Labute approximate surface area is 114 Å². The highest BCUT2D eigenvalue weighted by atomic mass is 16.3. The Kier molecular flexibility index (Phi) is 4.80. The van der Waals surface area contributed by atoms with Gasteiger partial charge in [-0.15, -0.1) is 0 Å². The van der Waals surface area contributed by atoms with Gasteiger partial charge in [0.25, 0.3) is 0 Å². The number of nitrogens with one attached hydrogen (secondary N) is 2. The van der Waals surface area contributed by atoms with Crippen molar-refractivity contribution >= 4 is 11.6 Å². The highest BCUT2D eigenvalue weighted by Gasteiger charge is 2.15. The third kappa shape index (κ3) is 3.96. The molecule has 19 heavy (non-hydrogen) atoms. The van der Waals surface area contributed by atoms with Crippen LogP contribution in [0.3, 0.4) is 0 Å². The quantitative estimate of drug-likeness (QED) is 0.730. The smallest absolute Gasteiger partial charge is 0.224 e. The molecule has 1 unspecified atom stereocenters. The summed E-state index contributed by atoms with van der Waals surface area (Å²) >= 11 is 0.